The Morgan fingerprint density at radius 1 is 1.08 bits per heavy atom. The van der Waals surface area contributed by atoms with Crippen molar-refractivity contribution in [2.75, 3.05) is 19.7 Å². The number of ether oxygens (including phenoxy) is 1. The average molecular weight is 536 g/mol. The fourth-order valence-electron chi connectivity index (χ4n) is 5.27. The van der Waals surface area contributed by atoms with Crippen molar-refractivity contribution in [2.24, 2.45) is 0 Å². The van der Waals surface area contributed by atoms with Gasteiger partial charge >= 0.3 is 0 Å². The van der Waals surface area contributed by atoms with Gasteiger partial charge in [-0.3, -0.25) is 9.58 Å². The second-order valence-corrected chi connectivity index (χ2v) is 17.4. The SMILES string of the molecule is CCCN1CCn2nc(-c3ccccc3Cl)c(-c3ccnc4c3c(C)cn4COCC[Si](C)(C)C)c2C1. The highest BCUT2D eigenvalue weighted by atomic mass is 35.5. The lowest BCUT2D eigenvalue weighted by Gasteiger charge is -2.28. The summed E-state index contributed by atoms with van der Waals surface area (Å²) >= 11 is 6.73. The Bertz CT molecular complexity index is 1400. The first-order valence-corrected chi connectivity index (χ1v) is 17.4. The summed E-state index contributed by atoms with van der Waals surface area (Å²) in [6.07, 6.45) is 5.23. The number of pyridine rings is 1. The zero-order valence-corrected chi connectivity index (χ0v) is 24.5. The topological polar surface area (TPSA) is 48.1 Å². The van der Waals surface area contributed by atoms with Gasteiger partial charge < -0.3 is 9.30 Å². The molecule has 37 heavy (non-hydrogen) atoms. The van der Waals surface area contributed by atoms with E-state index < -0.39 is 8.07 Å². The quantitative estimate of drug-likeness (QED) is 0.170. The zero-order valence-electron chi connectivity index (χ0n) is 22.7. The molecule has 0 radical (unpaired) electrons. The van der Waals surface area contributed by atoms with E-state index >= 15 is 0 Å². The third kappa shape index (κ3) is 5.41. The Hall–Kier alpha value is -2.45. The summed E-state index contributed by atoms with van der Waals surface area (Å²) in [5.74, 6) is 0. The molecule has 0 atom stereocenters. The molecular formula is C29H38ClN5OSi. The van der Waals surface area contributed by atoms with Crippen molar-refractivity contribution >= 4 is 30.7 Å². The molecule has 0 amide bonds. The highest BCUT2D eigenvalue weighted by Crippen LogP contribution is 2.42. The second kappa shape index (κ2) is 10.7. The van der Waals surface area contributed by atoms with E-state index in [1.54, 1.807) is 0 Å². The minimum Gasteiger partial charge on any atom is -0.361 e. The van der Waals surface area contributed by atoms with Crippen molar-refractivity contribution in [3.63, 3.8) is 0 Å². The van der Waals surface area contributed by atoms with E-state index in [0.717, 1.165) is 78.1 Å². The molecule has 4 aromatic rings. The minimum atomic E-state index is -1.13. The fourth-order valence-corrected chi connectivity index (χ4v) is 6.25. The van der Waals surface area contributed by atoms with Crippen LogP contribution in [0.2, 0.25) is 30.7 Å². The molecule has 196 valence electrons. The molecule has 5 rings (SSSR count). The predicted molar refractivity (Wildman–Crippen MR) is 156 cm³/mol. The Morgan fingerprint density at radius 3 is 2.65 bits per heavy atom. The summed E-state index contributed by atoms with van der Waals surface area (Å²) < 4.78 is 10.4. The largest absolute Gasteiger partial charge is 0.361 e. The molecule has 1 aliphatic heterocycles. The number of aryl methyl sites for hydroxylation is 1. The van der Waals surface area contributed by atoms with Crippen LogP contribution in [-0.4, -0.2) is 52.0 Å². The number of halogens is 1. The van der Waals surface area contributed by atoms with E-state index in [9.17, 15) is 0 Å². The fraction of sp³-hybridized carbons (Fsp3) is 0.448. The second-order valence-electron chi connectivity index (χ2n) is 11.3. The van der Waals surface area contributed by atoms with Crippen molar-refractivity contribution in [1.29, 1.82) is 0 Å². The number of nitrogens with zero attached hydrogens (tertiary/aromatic N) is 5. The molecular weight excluding hydrogens is 498 g/mol. The third-order valence-corrected chi connectivity index (χ3v) is 9.20. The predicted octanol–water partition coefficient (Wildman–Crippen LogP) is 7.07. The van der Waals surface area contributed by atoms with Crippen LogP contribution >= 0.6 is 11.6 Å². The monoisotopic (exact) mass is 535 g/mol. The molecule has 0 saturated heterocycles. The van der Waals surface area contributed by atoms with E-state index in [1.165, 1.54) is 16.8 Å². The molecule has 3 aromatic heterocycles. The zero-order chi connectivity index (χ0) is 26.2. The number of hydrogen-bond acceptors (Lipinski definition) is 4. The summed E-state index contributed by atoms with van der Waals surface area (Å²) in [7, 11) is -1.13. The lowest BCUT2D eigenvalue weighted by atomic mass is 9.95. The van der Waals surface area contributed by atoms with Crippen molar-refractivity contribution in [3.8, 4) is 22.4 Å². The summed E-state index contributed by atoms with van der Waals surface area (Å²) in [6, 6.07) is 11.3. The van der Waals surface area contributed by atoms with Crippen molar-refractivity contribution in [2.45, 2.75) is 65.8 Å². The van der Waals surface area contributed by atoms with E-state index in [4.69, 9.17) is 26.4 Å². The highest BCUT2D eigenvalue weighted by molar-refractivity contribution is 6.76. The first-order valence-electron chi connectivity index (χ1n) is 13.4. The molecule has 1 aromatic carbocycles. The van der Waals surface area contributed by atoms with E-state index in [0.29, 0.717) is 6.73 Å². The molecule has 0 aliphatic carbocycles. The minimum absolute atomic E-state index is 0.513. The van der Waals surface area contributed by atoms with Crippen LogP contribution < -0.4 is 0 Å². The molecule has 8 heteroatoms. The van der Waals surface area contributed by atoms with Gasteiger partial charge in [0.1, 0.15) is 18.1 Å². The van der Waals surface area contributed by atoms with Crippen LogP contribution in [-0.2, 0) is 24.6 Å². The normalized spacial score (nSPS) is 14.4. The Balaban J connectivity index is 1.62. The molecule has 0 saturated carbocycles. The molecule has 0 fully saturated rings. The summed E-state index contributed by atoms with van der Waals surface area (Å²) in [5, 5.41) is 7.02. The van der Waals surface area contributed by atoms with Crippen LogP contribution in [0.1, 0.15) is 24.6 Å². The van der Waals surface area contributed by atoms with Crippen molar-refractivity contribution in [1.82, 2.24) is 24.2 Å². The van der Waals surface area contributed by atoms with E-state index in [-0.39, 0.29) is 0 Å². The van der Waals surface area contributed by atoms with Gasteiger partial charge in [0.05, 0.1) is 17.3 Å². The number of fused-ring (bicyclic) bond motifs is 2. The number of aromatic nitrogens is 4. The average Bonchev–Trinajstić information content (AvgIpc) is 3.39. The molecule has 0 N–H and O–H groups in total. The Morgan fingerprint density at radius 2 is 1.89 bits per heavy atom. The van der Waals surface area contributed by atoms with Gasteiger partial charge in [-0.05, 0) is 49.2 Å². The van der Waals surface area contributed by atoms with Gasteiger partial charge in [0.2, 0.25) is 0 Å². The van der Waals surface area contributed by atoms with Crippen LogP contribution in [0.5, 0.6) is 0 Å². The molecule has 0 unspecified atom stereocenters. The lowest BCUT2D eigenvalue weighted by Crippen LogP contribution is -2.34. The van der Waals surface area contributed by atoms with Gasteiger partial charge in [-0.1, -0.05) is 56.4 Å². The van der Waals surface area contributed by atoms with Gasteiger partial charge in [-0.15, -0.1) is 0 Å². The van der Waals surface area contributed by atoms with E-state index in [1.807, 2.05) is 24.4 Å². The molecule has 0 spiro atoms. The van der Waals surface area contributed by atoms with Crippen molar-refractivity contribution < 1.29 is 4.74 Å². The summed E-state index contributed by atoms with van der Waals surface area (Å²) in [4.78, 5) is 7.33. The highest BCUT2D eigenvalue weighted by Gasteiger charge is 2.28. The third-order valence-electron chi connectivity index (χ3n) is 7.17. The molecule has 0 bridgehead atoms. The number of hydrogen-bond donors (Lipinski definition) is 0. The van der Waals surface area contributed by atoms with Gasteiger partial charge in [-0.25, -0.2) is 4.98 Å². The van der Waals surface area contributed by atoms with Gasteiger partial charge in [0, 0.05) is 56.7 Å². The number of benzene rings is 1. The standard InChI is InChI=1S/C29H38ClN5OSi/c1-6-13-33-14-15-35-25(19-33)27(28(32-35)22-9-7-8-10-24(22)30)23-11-12-31-29-26(23)21(2)18-34(29)20-36-16-17-37(3,4)5/h7-12,18H,6,13-17,19-20H2,1-5H3. The maximum atomic E-state index is 6.73. The van der Waals surface area contributed by atoms with Crippen LogP contribution in [0, 0.1) is 6.92 Å². The maximum absolute atomic E-state index is 6.73. The Kier molecular flexibility index (Phi) is 7.59. The van der Waals surface area contributed by atoms with Gasteiger partial charge in [0.15, 0.2) is 0 Å². The van der Waals surface area contributed by atoms with Gasteiger partial charge in [-0.2, -0.15) is 5.10 Å². The Labute approximate surface area is 226 Å². The van der Waals surface area contributed by atoms with Crippen LogP contribution in [0.3, 0.4) is 0 Å². The lowest BCUT2D eigenvalue weighted by molar-refractivity contribution is 0.0898. The smallest absolute Gasteiger partial charge is 0.142 e. The van der Waals surface area contributed by atoms with Crippen molar-refractivity contribution in [3.05, 3.63) is 59.0 Å². The molecule has 4 heterocycles. The van der Waals surface area contributed by atoms with Crippen LogP contribution in [0.25, 0.3) is 33.4 Å². The molecule has 1 aliphatic rings. The summed E-state index contributed by atoms with van der Waals surface area (Å²) in [6.45, 7) is 16.7. The number of rotatable bonds is 9. The van der Waals surface area contributed by atoms with Gasteiger partial charge in [0.25, 0.3) is 0 Å². The van der Waals surface area contributed by atoms with Crippen LogP contribution in [0.15, 0.2) is 42.7 Å². The molecule has 6 nitrogen and oxygen atoms in total. The first-order chi connectivity index (χ1) is 17.8. The first kappa shape index (κ1) is 26.2. The summed E-state index contributed by atoms with van der Waals surface area (Å²) in [5.41, 5.74) is 7.65. The van der Waals surface area contributed by atoms with E-state index in [2.05, 4.69) is 66.0 Å². The van der Waals surface area contributed by atoms with Crippen LogP contribution in [0.4, 0.5) is 0 Å². The maximum Gasteiger partial charge on any atom is 0.142 e.